The summed E-state index contributed by atoms with van der Waals surface area (Å²) in [5.41, 5.74) is 1.56. The van der Waals surface area contributed by atoms with Crippen LogP contribution in [0.5, 0.6) is 11.6 Å². The first-order chi connectivity index (χ1) is 16.0. The number of carbonyl (C=O) groups excluding carboxylic acids is 1. The van der Waals surface area contributed by atoms with Crippen LogP contribution in [-0.2, 0) is 11.3 Å². The summed E-state index contributed by atoms with van der Waals surface area (Å²) in [5, 5.41) is 12.2. The zero-order chi connectivity index (χ0) is 23.4. The highest BCUT2D eigenvalue weighted by Crippen LogP contribution is 2.27. The summed E-state index contributed by atoms with van der Waals surface area (Å²) in [4.78, 5) is 30.3. The van der Waals surface area contributed by atoms with Crippen molar-refractivity contribution in [1.29, 1.82) is 5.26 Å². The molecule has 0 saturated heterocycles. The van der Waals surface area contributed by atoms with Gasteiger partial charge in [-0.2, -0.15) is 10.2 Å². The van der Waals surface area contributed by atoms with Crippen molar-refractivity contribution in [2.45, 2.75) is 20.4 Å². The summed E-state index contributed by atoms with van der Waals surface area (Å²) in [7, 11) is 0. The SMILES string of the molecule is Cc1ccc(Oc2nc3ccccn3c(=O)c2/C=C(\C#N)C(=O)NCc2ccco2)c(C)c1. The van der Waals surface area contributed by atoms with E-state index in [0.717, 1.165) is 11.1 Å². The minimum Gasteiger partial charge on any atom is -0.467 e. The Kier molecular flexibility index (Phi) is 6.04. The molecule has 3 heterocycles. The number of amides is 1. The molecule has 0 aliphatic heterocycles. The number of aryl methyl sites for hydroxylation is 2. The second kappa shape index (κ2) is 9.24. The molecule has 1 N–H and O–H groups in total. The number of hydrogen-bond acceptors (Lipinski definition) is 6. The molecule has 164 valence electrons. The first kappa shape index (κ1) is 21.6. The van der Waals surface area contributed by atoms with Crippen molar-refractivity contribution < 1.29 is 13.9 Å². The lowest BCUT2D eigenvalue weighted by molar-refractivity contribution is -0.117. The third kappa shape index (κ3) is 4.67. The molecular weight excluding hydrogens is 420 g/mol. The third-order valence-electron chi connectivity index (χ3n) is 4.93. The summed E-state index contributed by atoms with van der Waals surface area (Å²) < 4.78 is 12.5. The third-order valence-corrected chi connectivity index (χ3v) is 4.93. The van der Waals surface area contributed by atoms with Crippen LogP contribution in [0.25, 0.3) is 11.7 Å². The van der Waals surface area contributed by atoms with Gasteiger partial charge in [0.25, 0.3) is 11.5 Å². The second-order valence-corrected chi connectivity index (χ2v) is 7.37. The summed E-state index contributed by atoms with van der Waals surface area (Å²) in [6.45, 7) is 3.95. The van der Waals surface area contributed by atoms with E-state index in [1.807, 2.05) is 32.0 Å². The largest absolute Gasteiger partial charge is 0.467 e. The van der Waals surface area contributed by atoms with E-state index in [9.17, 15) is 14.9 Å². The van der Waals surface area contributed by atoms with Gasteiger partial charge in [0.2, 0.25) is 5.88 Å². The number of furan rings is 1. The minimum atomic E-state index is -0.649. The van der Waals surface area contributed by atoms with E-state index in [1.165, 1.54) is 16.7 Å². The number of benzene rings is 1. The maximum atomic E-state index is 13.2. The van der Waals surface area contributed by atoms with Gasteiger partial charge in [-0.15, -0.1) is 0 Å². The van der Waals surface area contributed by atoms with Gasteiger partial charge in [0.15, 0.2) is 0 Å². The maximum Gasteiger partial charge on any atom is 0.269 e. The smallest absolute Gasteiger partial charge is 0.269 e. The molecule has 0 saturated carbocycles. The average molecular weight is 440 g/mol. The highest BCUT2D eigenvalue weighted by atomic mass is 16.5. The van der Waals surface area contributed by atoms with E-state index >= 15 is 0 Å². The second-order valence-electron chi connectivity index (χ2n) is 7.37. The zero-order valence-electron chi connectivity index (χ0n) is 18.0. The summed E-state index contributed by atoms with van der Waals surface area (Å²) in [5.74, 6) is 0.406. The van der Waals surface area contributed by atoms with Crippen LogP contribution in [0.3, 0.4) is 0 Å². The monoisotopic (exact) mass is 440 g/mol. The molecule has 3 aromatic heterocycles. The van der Waals surface area contributed by atoms with Crippen LogP contribution in [0.1, 0.15) is 22.5 Å². The number of fused-ring (bicyclic) bond motifs is 1. The van der Waals surface area contributed by atoms with Crippen molar-refractivity contribution in [3.05, 3.63) is 99.4 Å². The molecule has 0 spiro atoms. The van der Waals surface area contributed by atoms with Crippen LogP contribution in [-0.4, -0.2) is 15.3 Å². The Hall–Kier alpha value is -4.64. The van der Waals surface area contributed by atoms with Crippen LogP contribution >= 0.6 is 0 Å². The van der Waals surface area contributed by atoms with Gasteiger partial charge in [0, 0.05) is 6.20 Å². The van der Waals surface area contributed by atoms with Crippen LogP contribution in [0, 0.1) is 25.2 Å². The Bertz CT molecular complexity index is 1460. The van der Waals surface area contributed by atoms with Crippen molar-refractivity contribution >= 4 is 17.6 Å². The Morgan fingerprint density at radius 2 is 2.09 bits per heavy atom. The van der Waals surface area contributed by atoms with Crippen LogP contribution < -0.4 is 15.6 Å². The van der Waals surface area contributed by atoms with Crippen molar-refractivity contribution in [1.82, 2.24) is 14.7 Å². The first-order valence-corrected chi connectivity index (χ1v) is 10.1. The summed E-state index contributed by atoms with van der Waals surface area (Å²) in [6, 6.07) is 16.0. The van der Waals surface area contributed by atoms with E-state index in [-0.39, 0.29) is 23.6 Å². The molecule has 0 atom stereocenters. The molecular formula is C25H20N4O4. The number of rotatable bonds is 6. The zero-order valence-corrected chi connectivity index (χ0v) is 18.0. The molecule has 0 aliphatic rings. The first-order valence-electron chi connectivity index (χ1n) is 10.1. The number of nitrogens with zero attached hydrogens (tertiary/aromatic N) is 3. The van der Waals surface area contributed by atoms with Gasteiger partial charge in [-0.05, 0) is 55.8 Å². The van der Waals surface area contributed by atoms with Gasteiger partial charge in [0.1, 0.15) is 34.4 Å². The summed E-state index contributed by atoms with van der Waals surface area (Å²) in [6.07, 6.45) is 4.25. The predicted molar refractivity (Wildman–Crippen MR) is 122 cm³/mol. The Labute approximate surface area is 189 Å². The molecule has 33 heavy (non-hydrogen) atoms. The quantitative estimate of drug-likeness (QED) is 0.359. The standard InChI is InChI=1S/C25H20N4O4/c1-16-8-9-21(17(2)12-16)33-24-20(25(31)29-10-4-3-7-22(29)28-24)13-18(14-26)23(30)27-15-19-6-5-11-32-19/h3-13H,15H2,1-2H3,(H,27,30)/b18-13+. The maximum absolute atomic E-state index is 13.2. The van der Waals surface area contributed by atoms with Gasteiger partial charge < -0.3 is 14.5 Å². The van der Waals surface area contributed by atoms with Crippen LogP contribution in [0.15, 0.2) is 75.8 Å². The molecule has 4 aromatic rings. The highest BCUT2D eigenvalue weighted by Gasteiger charge is 2.18. The lowest BCUT2D eigenvalue weighted by Crippen LogP contribution is -2.24. The molecule has 4 rings (SSSR count). The van der Waals surface area contributed by atoms with Crippen LogP contribution in [0.4, 0.5) is 0 Å². The number of ether oxygens (including phenoxy) is 1. The van der Waals surface area contributed by atoms with E-state index in [0.29, 0.717) is 17.2 Å². The fraction of sp³-hybridized carbons (Fsp3) is 0.120. The lowest BCUT2D eigenvalue weighted by Gasteiger charge is -2.12. The van der Waals surface area contributed by atoms with Gasteiger partial charge in [-0.25, -0.2) is 0 Å². The number of pyridine rings is 1. The molecule has 0 aliphatic carbocycles. The molecule has 1 amide bonds. The van der Waals surface area contributed by atoms with E-state index in [4.69, 9.17) is 9.15 Å². The molecule has 1 aromatic carbocycles. The molecule has 0 radical (unpaired) electrons. The number of carbonyl (C=O) groups is 1. The normalized spacial score (nSPS) is 11.2. The van der Waals surface area contributed by atoms with E-state index < -0.39 is 11.5 Å². The highest BCUT2D eigenvalue weighted by molar-refractivity contribution is 6.01. The average Bonchev–Trinajstić information content (AvgIpc) is 3.33. The molecule has 8 nitrogen and oxygen atoms in total. The molecule has 0 fully saturated rings. The van der Waals surface area contributed by atoms with Crippen molar-refractivity contribution in [2.75, 3.05) is 0 Å². The number of hydrogen-bond donors (Lipinski definition) is 1. The van der Waals surface area contributed by atoms with E-state index in [2.05, 4.69) is 10.3 Å². The molecule has 8 heteroatoms. The van der Waals surface area contributed by atoms with Crippen LogP contribution in [0.2, 0.25) is 0 Å². The Morgan fingerprint density at radius 1 is 1.24 bits per heavy atom. The fourth-order valence-corrected chi connectivity index (χ4v) is 3.27. The van der Waals surface area contributed by atoms with Crippen molar-refractivity contribution in [2.24, 2.45) is 0 Å². The van der Waals surface area contributed by atoms with Gasteiger partial charge in [0.05, 0.1) is 12.8 Å². The minimum absolute atomic E-state index is 0.00439. The topological polar surface area (TPSA) is 110 Å². The Balaban J connectivity index is 1.77. The fourth-order valence-electron chi connectivity index (χ4n) is 3.27. The van der Waals surface area contributed by atoms with Gasteiger partial charge in [-0.3, -0.25) is 14.0 Å². The van der Waals surface area contributed by atoms with E-state index in [1.54, 1.807) is 42.6 Å². The number of nitriles is 1. The molecule has 0 unspecified atom stereocenters. The van der Waals surface area contributed by atoms with Crippen molar-refractivity contribution in [3.63, 3.8) is 0 Å². The number of aromatic nitrogens is 2. The molecule has 0 bridgehead atoms. The van der Waals surface area contributed by atoms with Gasteiger partial charge >= 0.3 is 0 Å². The van der Waals surface area contributed by atoms with Gasteiger partial charge in [-0.1, -0.05) is 23.8 Å². The predicted octanol–water partition coefficient (Wildman–Crippen LogP) is 3.92. The lowest BCUT2D eigenvalue weighted by atomic mass is 10.1. The number of nitrogens with one attached hydrogen (secondary N) is 1. The Morgan fingerprint density at radius 3 is 2.82 bits per heavy atom. The van der Waals surface area contributed by atoms with Crippen molar-refractivity contribution in [3.8, 4) is 17.7 Å². The summed E-state index contributed by atoms with van der Waals surface area (Å²) >= 11 is 0.